The molecule has 0 atom stereocenters. The number of benzene rings is 1. The molecule has 3 heterocycles. The molecule has 8 heteroatoms. The van der Waals surface area contributed by atoms with Crippen LogP contribution in [0.1, 0.15) is 42.9 Å². The van der Waals surface area contributed by atoms with Crippen molar-refractivity contribution in [1.29, 1.82) is 0 Å². The van der Waals surface area contributed by atoms with Gasteiger partial charge in [0.25, 0.3) is 5.56 Å². The summed E-state index contributed by atoms with van der Waals surface area (Å²) in [5, 5.41) is 0. The Morgan fingerprint density at radius 1 is 1.10 bits per heavy atom. The molecule has 1 saturated carbocycles. The largest absolute Gasteiger partial charge is 0.493 e. The van der Waals surface area contributed by atoms with Gasteiger partial charge in [-0.1, -0.05) is 0 Å². The van der Waals surface area contributed by atoms with Crippen LogP contribution in [0.4, 0.5) is 0 Å². The molecule has 0 spiro atoms. The first-order valence-corrected chi connectivity index (χ1v) is 11.8. The van der Waals surface area contributed by atoms with Crippen molar-refractivity contribution in [2.24, 2.45) is 5.92 Å². The quantitative estimate of drug-likeness (QED) is 0.748. The van der Waals surface area contributed by atoms with E-state index in [1.807, 2.05) is 0 Å². The molecule has 5 rings (SSSR count). The summed E-state index contributed by atoms with van der Waals surface area (Å²) in [7, 11) is -3.50. The van der Waals surface area contributed by atoms with Crippen LogP contribution < -0.4 is 10.3 Å². The predicted molar refractivity (Wildman–Crippen MR) is 108 cm³/mol. The van der Waals surface area contributed by atoms with Gasteiger partial charge in [-0.2, -0.15) is 4.31 Å². The van der Waals surface area contributed by atoms with E-state index < -0.39 is 10.0 Å². The molecule has 1 aromatic carbocycles. The van der Waals surface area contributed by atoms with Crippen LogP contribution in [-0.2, 0) is 23.0 Å². The Balaban J connectivity index is 1.24. The molecule has 1 aromatic heterocycles. The summed E-state index contributed by atoms with van der Waals surface area (Å²) in [6, 6.07) is 6.80. The van der Waals surface area contributed by atoms with Crippen LogP contribution in [0, 0.1) is 5.92 Å². The summed E-state index contributed by atoms with van der Waals surface area (Å²) in [6.07, 6.45) is 6.14. The topological polar surface area (TPSA) is 81.5 Å². The number of aromatic nitrogens is 2. The Hall–Kier alpha value is -2.19. The zero-order valence-corrected chi connectivity index (χ0v) is 17.1. The standard InChI is InChI=1S/C21H25N3O4S/c25-21-12-19(16-1-2-16)22-14-23(21)13-15-5-8-24(9-6-15)29(26,27)18-3-4-20-17(11-18)7-10-28-20/h3-4,11-12,14-16H,1-2,5-10,13H2. The van der Waals surface area contributed by atoms with Crippen LogP contribution in [0.25, 0.3) is 0 Å². The van der Waals surface area contributed by atoms with Crippen LogP contribution >= 0.6 is 0 Å². The van der Waals surface area contributed by atoms with E-state index in [1.54, 1.807) is 39.5 Å². The minimum Gasteiger partial charge on any atom is -0.493 e. The molecule has 0 radical (unpaired) electrons. The maximum atomic E-state index is 13.0. The first-order chi connectivity index (χ1) is 14.0. The predicted octanol–water partition coefficient (Wildman–Crippen LogP) is 2.16. The van der Waals surface area contributed by atoms with Crippen LogP contribution in [0.5, 0.6) is 5.75 Å². The monoisotopic (exact) mass is 415 g/mol. The van der Waals surface area contributed by atoms with E-state index in [4.69, 9.17) is 4.74 Å². The van der Waals surface area contributed by atoms with Crippen molar-refractivity contribution in [2.75, 3.05) is 19.7 Å². The fourth-order valence-electron chi connectivity index (χ4n) is 4.26. The average Bonchev–Trinajstić information content (AvgIpc) is 3.46. The second kappa shape index (κ2) is 7.25. The van der Waals surface area contributed by atoms with Gasteiger partial charge in [0.05, 0.1) is 23.5 Å². The lowest BCUT2D eigenvalue weighted by atomic mass is 9.98. The van der Waals surface area contributed by atoms with Crippen molar-refractivity contribution in [3.8, 4) is 5.75 Å². The molecule has 0 amide bonds. The summed E-state index contributed by atoms with van der Waals surface area (Å²) in [5.74, 6) is 1.53. The molecule has 2 aliphatic heterocycles. The Morgan fingerprint density at radius 3 is 2.62 bits per heavy atom. The van der Waals surface area contributed by atoms with Gasteiger partial charge in [-0.15, -0.1) is 0 Å². The molecule has 0 N–H and O–H groups in total. The van der Waals surface area contributed by atoms with Gasteiger partial charge in [0.2, 0.25) is 10.0 Å². The van der Waals surface area contributed by atoms with Crippen molar-refractivity contribution < 1.29 is 13.2 Å². The van der Waals surface area contributed by atoms with Crippen LogP contribution in [0.2, 0.25) is 0 Å². The molecular weight excluding hydrogens is 390 g/mol. The minimum absolute atomic E-state index is 0.00249. The third-order valence-corrected chi connectivity index (χ3v) is 8.12. The zero-order chi connectivity index (χ0) is 20.0. The van der Waals surface area contributed by atoms with Crippen molar-refractivity contribution in [3.05, 3.63) is 52.2 Å². The number of ether oxygens (including phenoxy) is 1. The number of nitrogens with zero attached hydrogens (tertiary/aromatic N) is 3. The molecule has 2 fully saturated rings. The Kier molecular flexibility index (Phi) is 4.70. The molecule has 154 valence electrons. The number of sulfonamides is 1. The van der Waals surface area contributed by atoms with E-state index in [1.165, 1.54) is 0 Å². The summed E-state index contributed by atoms with van der Waals surface area (Å²) in [5.41, 5.74) is 1.87. The Labute approximate surface area is 170 Å². The molecule has 1 aliphatic carbocycles. The molecule has 1 saturated heterocycles. The van der Waals surface area contributed by atoms with Crippen molar-refractivity contribution in [1.82, 2.24) is 13.9 Å². The van der Waals surface area contributed by atoms with Crippen LogP contribution in [-0.4, -0.2) is 42.0 Å². The molecule has 3 aliphatic rings. The van der Waals surface area contributed by atoms with E-state index in [9.17, 15) is 13.2 Å². The lowest BCUT2D eigenvalue weighted by molar-refractivity contribution is 0.250. The molecular formula is C21H25N3O4S. The fraction of sp³-hybridized carbons (Fsp3) is 0.524. The molecule has 0 bridgehead atoms. The fourth-order valence-corrected chi connectivity index (χ4v) is 5.78. The summed E-state index contributed by atoms with van der Waals surface area (Å²) in [6.45, 7) is 2.16. The summed E-state index contributed by atoms with van der Waals surface area (Å²) in [4.78, 5) is 17.1. The highest BCUT2D eigenvalue weighted by molar-refractivity contribution is 7.89. The van der Waals surface area contributed by atoms with Crippen LogP contribution in [0.15, 0.2) is 40.3 Å². The number of fused-ring (bicyclic) bond motifs is 1. The second-order valence-corrected chi connectivity index (χ2v) is 10.2. The smallest absolute Gasteiger partial charge is 0.253 e. The third kappa shape index (κ3) is 3.71. The van der Waals surface area contributed by atoms with Gasteiger partial charge in [0.15, 0.2) is 0 Å². The SMILES string of the molecule is O=c1cc(C2CC2)ncn1CC1CCN(S(=O)(=O)c2ccc3c(c2)CCO3)CC1. The van der Waals surface area contributed by atoms with Crippen LogP contribution in [0.3, 0.4) is 0 Å². The zero-order valence-electron chi connectivity index (χ0n) is 16.3. The van der Waals surface area contributed by atoms with Crippen molar-refractivity contribution >= 4 is 10.0 Å². The lowest BCUT2D eigenvalue weighted by Gasteiger charge is -2.31. The summed E-state index contributed by atoms with van der Waals surface area (Å²) < 4.78 is 34.8. The van der Waals surface area contributed by atoms with E-state index in [0.29, 0.717) is 37.1 Å². The van der Waals surface area contributed by atoms with Gasteiger partial charge in [-0.05, 0) is 55.4 Å². The highest BCUT2D eigenvalue weighted by Crippen LogP contribution is 2.38. The normalized spacial score (nSPS) is 20.4. The Morgan fingerprint density at radius 2 is 1.90 bits per heavy atom. The second-order valence-electron chi connectivity index (χ2n) is 8.29. The highest BCUT2D eigenvalue weighted by Gasteiger charge is 2.31. The van der Waals surface area contributed by atoms with Gasteiger partial charge in [0, 0.05) is 38.0 Å². The molecule has 7 nitrogen and oxygen atoms in total. The molecule has 29 heavy (non-hydrogen) atoms. The first-order valence-electron chi connectivity index (χ1n) is 10.3. The number of rotatable bonds is 5. The average molecular weight is 416 g/mol. The minimum atomic E-state index is -3.50. The lowest BCUT2D eigenvalue weighted by Crippen LogP contribution is -2.40. The maximum absolute atomic E-state index is 13.0. The van der Waals surface area contributed by atoms with Gasteiger partial charge >= 0.3 is 0 Å². The van der Waals surface area contributed by atoms with Crippen molar-refractivity contribution in [3.63, 3.8) is 0 Å². The number of hydrogen-bond acceptors (Lipinski definition) is 5. The van der Waals surface area contributed by atoms with Gasteiger partial charge < -0.3 is 4.74 Å². The Bertz CT molecular complexity index is 1080. The van der Waals surface area contributed by atoms with E-state index in [-0.39, 0.29) is 11.5 Å². The van der Waals surface area contributed by atoms with E-state index in [2.05, 4.69) is 4.98 Å². The van der Waals surface area contributed by atoms with E-state index in [0.717, 1.165) is 49.1 Å². The third-order valence-electron chi connectivity index (χ3n) is 6.22. The van der Waals surface area contributed by atoms with Gasteiger partial charge in [-0.25, -0.2) is 13.4 Å². The van der Waals surface area contributed by atoms with Gasteiger partial charge in [-0.3, -0.25) is 9.36 Å². The van der Waals surface area contributed by atoms with E-state index >= 15 is 0 Å². The number of hydrogen-bond donors (Lipinski definition) is 0. The molecule has 0 unspecified atom stereocenters. The molecule has 2 aromatic rings. The highest BCUT2D eigenvalue weighted by atomic mass is 32.2. The summed E-state index contributed by atoms with van der Waals surface area (Å²) >= 11 is 0. The number of piperidine rings is 1. The van der Waals surface area contributed by atoms with Gasteiger partial charge in [0.1, 0.15) is 5.75 Å². The maximum Gasteiger partial charge on any atom is 0.253 e. The van der Waals surface area contributed by atoms with Crippen molar-refractivity contribution in [2.45, 2.75) is 49.5 Å². The first kappa shape index (κ1) is 18.8.